The lowest BCUT2D eigenvalue weighted by Gasteiger charge is -2.20. The van der Waals surface area contributed by atoms with Crippen LogP contribution in [-0.2, 0) is 4.74 Å². The van der Waals surface area contributed by atoms with Crippen LogP contribution in [0.5, 0.6) is 0 Å². The van der Waals surface area contributed by atoms with Crippen LogP contribution < -0.4 is 11.2 Å². The molecule has 1 fully saturated rings. The van der Waals surface area contributed by atoms with Crippen molar-refractivity contribution in [3.8, 4) is 0 Å². The molecule has 26 heavy (non-hydrogen) atoms. The molecule has 0 radical (unpaired) electrons. The number of hydrogen-bond donors (Lipinski definition) is 3. The molecule has 1 aliphatic heterocycles. The number of H-pyrrole nitrogens is 1. The van der Waals surface area contributed by atoms with E-state index in [1.54, 1.807) is 24.3 Å². The smallest absolute Gasteiger partial charge is 0.330 e. The van der Waals surface area contributed by atoms with Gasteiger partial charge in [0.25, 0.3) is 5.56 Å². The molecule has 0 saturated carbocycles. The Kier molecular flexibility index (Phi) is 4.90. The van der Waals surface area contributed by atoms with Crippen molar-refractivity contribution >= 4 is 5.78 Å². The van der Waals surface area contributed by atoms with E-state index >= 15 is 0 Å². The lowest BCUT2D eigenvalue weighted by Crippen LogP contribution is -2.40. The van der Waals surface area contributed by atoms with Gasteiger partial charge in [0.2, 0.25) is 0 Å². The maximum atomic E-state index is 12.4. The third kappa shape index (κ3) is 3.39. The van der Waals surface area contributed by atoms with Gasteiger partial charge in [-0.1, -0.05) is 29.8 Å². The highest BCUT2D eigenvalue weighted by Crippen LogP contribution is 2.30. The van der Waals surface area contributed by atoms with Gasteiger partial charge in [0.1, 0.15) is 18.4 Å². The summed E-state index contributed by atoms with van der Waals surface area (Å²) >= 11 is 0. The van der Waals surface area contributed by atoms with E-state index in [-0.39, 0.29) is 6.42 Å². The second-order valence-electron chi connectivity index (χ2n) is 6.51. The van der Waals surface area contributed by atoms with Crippen molar-refractivity contribution in [3.63, 3.8) is 0 Å². The highest BCUT2D eigenvalue weighted by atomic mass is 16.5. The van der Waals surface area contributed by atoms with Gasteiger partial charge in [-0.3, -0.25) is 19.1 Å². The van der Waals surface area contributed by atoms with E-state index in [9.17, 15) is 24.6 Å². The number of ketones is 1. The fourth-order valence-electron chi connectivity index (χ4n) is 2.97. The van der Waals surface area contributed by atoms with Crippen LogP contribution in [0.4, 0.5) is 0 Å². The number of rotatable bonds is 4. The molecule has 8 nitrogen and oxygen atoms in total. The minimum atomic E-state index is -1.57. The molecular formula is C18H20N2O6. The van der Waals surface area contributed by atoms with Crippen molar-refractivity contribution in [2.75, 3.05) is 0 Å². The number of ether oxygens (including phenoxy) is 1. The van der Waals surface area contributed by atoms with Gasteiger partial charge >= 0.3 is 5.69 Å². The van der Waals surface area contributed by atoms with Crippen molar-refractivity contribution in [2.24, 2.45) is 0 Å². The lowest BCUT2D eigenvalue weighted by molar-refractivity contribution is -0.0715. The number of benzene rings is 1. The monoisotopic (exact) mass is 360 g/mol. The minimum absolute atomic E-state index is 0.00823. The maximum absolute atomic E-state index is 12.4. The molecule has 0 bridgehead atoms. The third-order valence-electron chi connectivity index (χ3n) is 4.51. The number of carbonyl (C=O) groups excluding carboxylic acids is 1. The van der Waals surface area contributed by atoms with E-state index in [1.165, 1.54) is 13.1 Å². The first-order chi connectivity index (χ1) is 12.3. The van der Waals surface area contributed by atoms with Gasteiger partial charge in [0.05, 0.1) is 6.10 Å². The molecule has 4 atom stereocenters. The average molecular weight is 360 g/mol. The fraction of sp³-hybridized carbons (Fsp3) is 0.389. The second kappa shape index (κ2) is 6.99. The predicted molar refractivity (Wildman–Crippen MR) is 92.1 cm³/mol. The Morgan fingerprint density at radius 1 is 1.27 bits per heavy atom. The van der Waals surface area contributed by atoms with Gasteiger partial charge in [-0.2, -0.15) is 0 Å². The van der Waals surface area contributed by atoms with E-state index in [2.05, 4.69) is 4.98 Å². The van der Waals surface area contributed by atoms with E-state index in [0.717, 1.165) is 10.1 Å². The van der Waals surface area contributed by atoms with Crippen molar-refractivity contribution in [1.82, 2.24) is 9.55 Å². The number of hydrogen-bond acceptors (Lipinski definition) is 6. The summed E-state index contributed by atoms with van der Waals surface area (Å²) in [5, 5.41) is 20.6. The van der Waals surface area contributed by atoms with Gasteiger partial charge in [0.15, 0.2) is 5.78 Å². The molecule has 3 rings (SSSR count). The van der Waals surface area contributed by atoms with Crippen LogP contribution in [0.1, 0.15) is 34.1 Å². The number of aromatic nitrogens is 2. The lowest BCUT2D eigenvalue weighted by atomic mass is 9.98. The van der Waals surface area contributed by atoms with Crippen LogP contribution in [0.15, 0.2) is 40.1 Å². The van der Waals surface area contributed by atoms with E-state index in [0.29, 0.717) is 11.1 Å². The largest absolute Gasteiger partial charge is 0.390 e. The molecule has 1 aromatic heterocycles. The number of nitrogens with zero attached hydrogens (tertiary/aromatic N) is 1. The molecule has 1 unspecified atom stereocenters. The minimum Gasteiger partial charge on any atom is -0.390 e. The van der Waals surface area contributed by atoms with Crippen molar-refractivity contribution in [2.45, 2.75) is 44.8 Å². The first-order valence-electron chi connectivity index (χ1n) is 8.22. The van der Waals surface area contributed by atoms with Gasteiger partial charge in [-0.25, -0.2) is 4.79 Å². The molecule has 1 saturated heterocycles. The number of carbonyl (C=O) groups is 1. The van der Waals surface area contributed by atoms with Crippen LogP contribution in [0.25, 0.3) is 0 Å². The van der Waals surface area contributed by atoms with Crippen LogP contribution in [0.2, 0.25) is 0 Å². The van der Waals surface area contributed by atoms with E-state index in [4.69, 9.17) is 4.74 Å². The molecule has 2 aromatic rings. The van der Waals surface area contributed by atoms with Gasteiger partial charge in [-0.15, -0.1) is 0 Å². The maximum Gasteiger partial charge on any atom is 0.330 e. The number of nitrogens with one attached hydrogen (secondary N) is 1. The van der Waals surface area contributed by atoms with E-state index in [1.807, 2.05) is 6.92 Å². The molecule has 0 amide bonds. The number of Topliss-reactive ketones (excluding diaryl/α,β-unsaturated/α-hetero) is 1. The van der Waals surface area contributed by atoms with Crippen molar-refractivity contribution < 1.29 is 19.7 Å². The molecule has 3 N–H and O–H groups in total. The van der Waals surface area contributed by atoms with Gasteiger partial charge in [0, 0.05) is 23.7 Å². The molecule has 138 valence electrons. The topological polar surface area (TPSA) is 122 Å². The molecule has 8 heteroatoms. The molecular weight excluding hydrogens is 340 g/mol. The highest BCUT2D eigenvalue weighted by molar-refractivity contribution is 5.99. The van der Waals surface area contributed by atoms with Crippen LogP contribution in [-0.4, -0.2) is 43.9 Å². The number of aryl methyl sites for hydroxylation is 2. The Labute approximate surface area is 148 Å². The summed E-state index contributed by atoms with van der Waals surface area (Å²) in [5.41, 5.74) is 0.400. The van der Waals surface area contributed by atoms with Crippen LogP contribution >= 0.6 is 0 Å². The molecule has 0 spiro atoms. The Balaban J connectivity index is 1.81. The SMILES string of the molecule is Cc1ccc(C(=O)C(O)[C@H]2O[C@@H](n3cc(C)c(=O)[nH]c3=O)C[C@@H]2O)cc1. The quantitative estimate of drug-likeness (QED) is 0.662. The zero-order valence-corrected chi connectivity index (χ0v) is 14.4. The number of aliphatic hydroxyl groups is 2. The van der Waals surface area contributed by atoms with Crippen LogP contribution in [0, 0.1) is 13.8 Å². The summed E-state index contributed by atoms with van der Waals surface area (Å²) in [4.78, 5) is 38.0. The molecule has 1 aliphatic rings. The average Bonchev–Trinajstić information content (AvgIpc) is 2.99. The second-order valence-corrected chi connectivity index (χ2v) is 6.51. The summed E-state index contributed by atoms with van der Waals surface area (Å²) in [6.45, 7) is 3.41. The van der Waals surface area contributed by atoms with Gasteiger partial charge in [-0.05, 0) is 13.8 Å². The molecule has 0 aliphatic carbocycles. The normalized spacial score (nSPS) is 23.8. The summed E-state index contributed by atoms with van der Waals surface area (Å²) < 4.78 is 6.73. The number of aliphatic hydroxyl groups excluding tert-OH is 2. The summed E-state index contributed by atoms with van der Waals surface area (Å²) in [7, 11) is 0. The third-order valence-corrected chi connectivity index (χ3v) is 4.51. The summed E-state index contributed by atoms with van der Waals surface area (Å²) in [6.07, 6.45) is -3.43. The number of aromatic amines is 1. The predicted octanol–water partition coefficient (Wildman–Crippen LogP) is 0.0456. The summed E-state index contributed by atoms with van der Waals surface area (Å²) in [5.74, 6) is -0.570. The zero-order valence-electron chi connectivity index (χ0n) is 14.4. The van der Waals surface area contributed by atoms with Gasteiger partial charge < -0.3 is 14.9 Å². The van der Waals surface area contributed by atoms with E-state index < -0.39 is 41.6 Å². The zero-order chi connectivity index (χ0) is 19.0. The van der Waals surface area contributed by atoms with Crippen LogP contribution in [0.3, 0.4) is 0 Å². The highest BCUT2D eigenvalue weighted by Gasteiger charge is 2.42. The fourth-order valence-corrected chi connectivity index (χ4v) is 2.97. The van der Waals surface area contributed by atoms with Crippen molar-refractivity contribution in [1.29, 1.82) is 0 Å². The summed E-state index contributed by atoms with van der Waals surface area (Å²) in [6, 6.07) is 6.68. The molecule has 2 heterocycles. The molecule has 1 aromatic carbocycles. The Hall–Kier alpha value is -2.55. The Morgan fingerprint density at radius 3 is 2.58 bits per heavy atom. The standard InChI is InChI=1S/C18H20N2O6/c1-9-3-5-11(6-4-9)14(22)15(23)16-12(21)7-13(26-16)20-8-10(2)17(24)19-18(20)25/h3-6,8,12-13,15-16,21,23H,7H2,1-2H3,(H,19,24,25)/t12-,13+,15?,16-/m0/s1. The Bertz CT molecular complexity index is 930. The van der Waals surface area contributed by atoms with Crippen molar-refractivity contribution in [3.05, 3.63) is 68.0 Å². The Morgan fingerprint density at radius 2 is 1.92 bits per heavy atom. The first-order valence-corrected chi connectivity index (χ1v) is 8.22. The first kappa shape index (κ1) is 18.2.